The molecular formula is C23H32N4O. The van der Waals surface area contributed by atoms with Crippen LogP contribution in [0.5, 0.6) is 0 Å². The summed E-state index contributed by atoms with van der Waals surface area (Å²) in [5.41, 5.74) is 2.33. The second-order valence-electron chi connectivity index (χ2n) is 7.98. The van der Waals surface area contributed by atoms with E-state index in [2.05, 4.69) is 52.4 Å². The summed E-state index contributed by atoms with van der Waals surface area (Å²) in [4.78, 5) is 4.71. The molecule has 4 rings (SSSR count). The highest BCUT2D eigenvalue weighted by Crippen LogP contribution is 2.31. The van der Waals surface area contributed by atoms with Crippen molar-refractivity contribution < 1.29 is 4.52 Å². The lowest BCUT2D eigenvalue weighted by atomic mass is 10.1. The summed E-state index contributed by atoms with van der Waals surface area (Å²) in [6.07, 6.45) is 13.7. The SMILES string of the molecule is CCCCCCCCCn1cc(-c2noc(C3CCCN3)n2)c2ccccc21. The van der Waals surface area contributed by atoms with Gasteiger partial charge in [0.2, 0.25) is 11.7 Å². The first-order valence-corrected chi connectivity index (χ1v) is 11.0. The zero-order valence-corrected chi connectivity index (χ0v) is 17.0. The van der Waals surface area contributed by atoms with Crippen LogP contribution in [0.1, 0.15) is 76.6 Å². The molecule has 3 heterocycles. The van der Waals surface area contributed by atoms with E-state index in [1.54, 1.807) is 0 Å². The van der Waals surface area contributed by atoms with Crippen LogP contribution >= 0.6 is 0 Å². The maximum Gasteiger partial charge on any atom is 0.244 e. The van der Waals surface area contributed by atoms with Gasteiger partial charge in [-0.2, -0.15) is 4.98 Å². The Morgan fingerprint density at radius 2 is 1.93 bits per heavy atom. The van der Waals surface area contributed by atoms with Crippen molar-refractivity contribution in [1.82, 2.24) is 20.0 Å². The van der Waals surface area contributed by atoms with E-state index in [-0.39, 0.29) is 6.04 Å². The molecule has 1 aliphatic rings. The van der Waals surface area contributed by atoms with Crippen LogP contribution < -0.4 is 5.32 Å². The molecule has 0 spiro atoms. The lowest BCUT2D eigenvalue weighted by Crippen LogP contribution is -2.12. The van der Waals surface area contributed by atoms with Gasteiger partial charge in [0, 0.05) is 29.2 Å². The van der Waals surface area contributed by atoms with Gasteiger partial charge in [-0.1, -0.05) is 68.8 Å². The molecule has 1 unspecified atom stereocenters. The fourth-order valence-corrected chi connectivity index (χ4v) is 4.23. The van der Waals surface area contributed by atoms with Crippen molar-refractivity contribution in [3.05, 3.63) is 36.4 Å². The topological polar surface area (TPSA) is 55.9 Å². The molecule has 3 aromatic rings. The summed E-state index contributed by atoms with van der Waals surface area (Å²) in [7, 11) is 0. The number of unbranched alkanes of at least 4 members (excludes halogenated alkanes) is 6. The average molecular weight is 381 g/mol. The molecule has 5 heteroatoms. The van der Waals surface area contributed by atoms with E-state index in [0.717, 1.165) is 31.0 Å². The van der Waals surface area contributed by atoms with Gasteiger partial charge in [0.25, 0.3) is 0 Å². The highest BCUT2D eigenvalue weighted by molar-refractivity contribution is 5.94. The molecule has 1 fully saturated rings. The first-order chi connectivity index (χ1) is 13.9. The molecule has 1 aliphatic heterocycles. The molecule has 5 nitrogen and oxygen atoms in total. The summed E-state index contributed by atoms with van der Waals surface area (Å²) in [5, 5.41) is 8.93. The van der Waals surface area contributed by atoms with Crippen molar-refractivity contribution in [3.8, 4) is 11.4 Å². The quantitative estimate of drug-likeness (QED) is 0.447. The lowest BCUT2D eigenvalue weighted by Gasteiger charge is -2.05. The summed E-state index contributed by atoms with van der Waals surface area (Å²) in [5.74, 6) is 1.43. The van der Waals surface area contributed by atoms with Crippen LogP contribution in [0.25, 0.3) is 22.3 Å². The standard InChI is InChI=1S/C23H32N4O/c1-2-3-4-5-6-7-10-16-27-17-19(18-12-8-9-14-21(18)27)22-25-23(28-26-22)20-13-11-15-24-20/h8-9,12,14,17,20,24H,2-7,10-11,13,15-16H2,1H3. The molecule has 1 atom stereocenters. The van der Waals surface area contributed by atoms with Crippen LogP contribution in [-0.4, -0.2) is 21.3 Å². The fourth-order valence-electron chi connectivity index (χ4n) is 4.23. The zero-order chi connectivity index (χ0) is 19.2. The second kappa shape index (κ2) is 9.37. The van der Waals surface area contributed by atoms with Crippen molar-refractivity contribution in [2.24, 2.45) is 0 Å². The first-order valence-electron chi connectivity index (χ1n) is 11.0. The smallest absolute Gasteiger partial charge is 0.244 e. The minimum Gasteiger partial charge on any atom is -0.347 e. The van der Waals surface area contributed by atoms with Crippen LogP contribution in [0.3, 0.4) is 0 Å². The maximum absolute atomic E-state index is 5.57. The van der Waals surface area contributed by atoms with Crippen LogP contribution in [0.2, 0.25) is 0 Å². The Kier molecular flexibility index (Phi) is 6.42. The van der Waals surface area contributed by atoms with E-state index in [1.165, 1.54) is 62.3 Å². The van der Waals surface area contributed by atoms with Crippen molar-refractivity contribution in [3.63, 3.8) is 0 Å². The van der Waals surface area contributed by atoms with Gasteiger partial charge in [-0.3, -0.25) is 0 Å². The average Bonchev–Trinajstić information content (AvgIpc) is 3.46. The molecular weight excluding hydrogens is 348 g/mol. The van der Waals surface area contributed by atoms with Crippen molar-refractivity contribution in [2.45, 2.75) is 77.3 Å². The Labute approximate surface area is 167 Å². The van der Waals surface area contributed by atoms with Gasteiger partial charge in [0.05, 0.1) is 6.04 Å². The lowest BCUT2D eigenvalue weighted by molar-refractivity contribution is 0.345. The van der Waals surface area contributed by atoms with Crippen LogP contribution in [0.4, 0.5) is 0 Å². The largest absolute Gasteiger partial charge is 0.347 e. The summed E-state index contributed by atoms with van der Waals surface area (Å²) in [6.45, 7) is 4.34. The molecule has 1 saturated heterocycles. The molecule has 1 aromatic carbocycles. The molecule has 150 valence electrons. The molecule has 28 heavy (non-hydrogen) atoms. The van der Waals surface area contributed by atoms with Gasteiger partial charge in [0.1, 0.15) is 0 Å². The van der Waals surface area contributed by atoms with E-state index in [0.29, 0.717) is 5.82 Å². The van der Waals surface area contributed by atoms with Crippen molar-refractivity contribution in [1.29, 1.82) is 0 Å². The molecule has 2 aromatic heterocycles. The molecule has 1 N–H and O–H groups in total. The Hall–Kier alpha value is -2.14. The fraction of sp³-hybridized carbons (Fsp3) is 0.565. The third-order valence-electron chi connectivity index (χ3n) is 5.83. The highest BCUT2D eigenvalue weighted by Gasteiger charge is 2.23. The van der Waals surface area contributed by atoms with Gasteiger partial charge < -0.3 is 14.4 Å². The normalized spacial score (nSPS) is 17.0. The van der Waals surface area contributed by atoms with E-state index in [4.69, 9.17) is 9.51 Å². The number of aryl methyl sites for hydroxylation is 1. The van der Waals surface area contributed by atoms with Gasteiger partial charge >= 0.3 is 0 Å². The van der Waals surface area contributed by atoms with E-state index >= 15 is 0 Å². The predicted molar refractivity (Wildman–Crippen MR) is 113 cm³/mol. The Balaban J connectivity index is 1.46. The Morgan fingerprint density at radius 1 is 1.11 bits per heavy atom. The van der Waals surface area contributed by atoms with Gasteiger partial charge in [0.15, 0.2) is 0 Å². The van der Waals surface area contributed by atoms with Crippen molar-refractivity contribution in [2.75, 3.05) is 6.54 Å². The minimum atomic E-state index is 0.210. The monoisotopic (exact) mass is 380 g/mol. The molecule has 0 saturated carbocycles. The third kappa shape index (κ3) is 4.30. The van der Waals surface area contributed by atoms with Gasteiger partial charge in [-0.25, -0.2) is 0 Å². The van der Waals surface area contributed by atoms with Crippen molar-refractivity contribution >= 4 is 10.9 Å². The van der Waals surface area contributed by atoms with Gasteiger partial charge in [-0.15, -0.1) is 0 Å². The maximum atomic E-state index is 5.57. The van der Waals surface area contributed by atoms with E-state index in [9.17, 15) is 0 Å². The summed E-state index contributed by atoms with van der Waals surface area (Å²) in [6, 6.07) is 8.76. The molecule has 0 aliphatic carbocycles. The molecule has 0 radical (unpaired) electrons. The van der Waals surface area contributed by atoms with E-state index < -0.39 is 0 Å². The summed E-state index contributed by atoms with van der Waals surface area (Å²) >= 11 is 0. The van der Waals surface area contributed by atoms with Crippen LogP contribution in [0.15, 0.2) is 35.0 Å². The van der Waals surface area contributed by atoms with E-state index in [1.807, 2.05) is 0 Å². The zero-order valence-electron chi connectivity index (χ0n) is 17.0. The number of benzene rings is 1. The second-order valence-corrected chi connectivity index (χ2v) is 7.98. The number of nitrogens with one attached hydrogen (secondary N) is 1. The number of nitrogens with zero attached hydrogens (tertiary/aromatic N) is 3. The third-order valence-corrected chi connectivity index (χ3v) is 5.83. The number of hydrogen-bond acceptors (Lipinski definition) is 4. The predicted octanol–water partition coefficient (Wildman–Crippen LogP) is 5.87. The van der Waals surface area contributed by atoms with Crippen LogP contribution in [0, 0.1) is 0 Å². The number of hydrogen-bond donors (Lipinski definition) is 1. The Bertz CT molecular complexity index is 876. The first kappa shape index (κ1) is 19.2. The van der Waals surface area contributed by atoms with Gasteiger partial charge in [-0.05, 0) is 31.9 Å². The van der Waals surface area contributed by atoms with Crippen LogP contribution in [-0.2, 0) is 6.54 Å². The number of aromatic nitrogens is 3. The number of rotatable bonds is 10. The minimum absolute atomic E-state index is 0.210. The Morgan fingerprint density at radius 3 is 2.75 bits per heavy atom. The molecule has 0 amide bonds. The summed E-state index contributed by atoms with van der Waals surface area (Å²) < 4.78 is 7.94. The number of para-hydroxylation sites is 1. The number of fused-ring (bicyclic) bond motifs is 1. The molecule has 0 bridgehead atoms. The highest BCUT2D eigenvalue weighted by atomic mass is 16.5.